The van der Waals surface area contributed by atoms with Crippen LogP contribution in [0.3, 0.4) is 0 Å². The third-order valence-electron chi connectivity index (χ3n) is 6.35. The summed E-state index contributed by atoms with van der Waals surface area (Å²) in [4.78, 5) is 34.1. The van der Waals surface area contributed by atoms with Crippen LogP contribution in [0.1, 0.15) is 39.5 Å². The molecule has 28 heavy (non-hydrogen) atoms. The van der Waals surface area contributed by atoms with E-state index in [0.29, 0.717) is 36.7 Å². The van der Waals surface area contributed by atoms with E-state index in [1.165, 1.54) is 12.4 Å². The van der Waals surface area contributed by atoms with Gasteiger partial charge in [0.25, 0.3) is 11.8 Å². The van der Waals surface area contributed by atoms with Crippen molar-refractivity contribution >= 4 is 11.8 Å². The van der Waals surface area contributed by atoms with Crippen molar-refractivity contribution < 1.29 is 14.3 Å². The number of hydrogen-bond donors (Lipinski definition) is 2. The molecular formula is C19H22N6O3. The first-order valence-electron chi connectivity index (χ1n) is 9.59. The number of rotatable bonds is 4. The zero-order valence-electron chi connectivity index (χ0n) is 15.6. The van der Waals surface area contributed by atoms with Gasteiger partial charge in [-0.25, -0.2) is 4.98 Å². The second-order valence-corrected chi connectivity index (χ2v) is 7.94. The van der Waals surface area contributed by atoms with Crippen LogP contribution >= 0.6 is 0 Å². The van der Waals surface area contributed by atoms with Gasteiger partial charge in [0.1, 0.15) is 11.5 Å². The largest absolute Gasteiger partial charge is 0.369 e. The molecule has 3 fully saturated rings. The van der Waals surface area contributed by atoms with Gasteiger partial charge >= 0.3 is 0 Å². The van der Waals surface area contributed by atoms with Crippen molar-refractivity contribution in [3.05, 3.63) is 41.7 Å². The predicted molar refractivity (Wildman–Crippen MR) is 97.4 cm³/mol. The highest BCUT2D eigenvalue weighted by molar-refractivity contribution is 5.94. The molecule has 2 N–H and O–H groups in total. The van der Waals surface area contributed by atoms with Gasteiger partial charge in [0.15, 0.2) is 0 Å². The maximum atomic E-state index is 12.8. The number of H-pyrrole nitrogens is 1. The molecule has 1 spiro atoms. The molecule has 9 heteroatoms. The Labute approximate surface area is 161 Å². The number of aromatic nitrogens is 4. The van der Waals surface area contributed by atoms with E-state index < -0.39 is 0 Å². The molecule has 2 bridgehead atoms. The number of imidazole rings is 1. The van der Waals surface area contributed by atoms with Crippen molar-refractivity contribution in [2.75, 3.05) is 19.6 Å². The fraction of sp³-hybridized carbons (Fsp3) is 0.526. The zero-order valence-corrected chi connectivity index (χ0v) is 15.6. The van der Waals surface area contributed by atoms with Crippen LogP contribution in [0.2, 0.25) is 0 Å². The summed E-state index contributed by atoms with van der Waals surface area (Å²) in [6.45, 7) is 3.58. The first kappa shape index (κ1) is 17.3. The summed E-state index contributed by atoms with van der Waals surface area (Å²) in [5.74, 6) is 0.944. The van der Waals surface area contributed by atoms with Gasteiger partial charge in [-0.1, -0.05) is 0 Å². The van der Waals surface area contributed by atoms with Crippen molar-refractivity contribution in [2.24, 2.45) is 11.8 Å². The first-order chi connectivity index (χ1) is 13.6. The number of nitrogens with zero attached hydrogens (tertiary/aromatic N) is 4. The molecule has 3 aliphatic heterocycles. The molecule has 2 aromatic rings. The Kier molecular flexibility index (Phi) is 3.94. The van der Waals surface area contributed by atoms with E-state index >= 15 is 0 Å². The molecule has 2 amide bonds. The zero-order chi connectivity index (χ0) is 19.3. The summed E-state index contributed by atoms with van der Waals surface area (Å²) >= 11 is 0. The third-order valence-corrected chi connectivity index (χ3v) is 6.35. The average molecular weight is 382 g/mol. The van der Waals surface area contributed by atoms with Crippen LogP contribution in [0, 0.1) is 18.8 Å². The Balaban J connectivity index is 1.28. The fourth-order valence-corrected chi connectivity index (χ4v) is 5.06. The minimum Gasteiger partial charge on any atom is -0.369 e. The first-order valence-corrected chi connectivity index (χ1v) is 9.59. The number of carbonyl (C=O) groups excluding carboxylic acids is 2. The highest BCUT2D eigenvalue weighted by Gasteiger charge is 2.63. The second kappa shape index (κ2) is 6.37. The smallest absolute Gasteiger partial charge is 0.269 e. The highest BCUT2D eigenvalue weighted by atomic mass is 16.5. The lowest BCUT2D eigenvalue weighted by atomic mass is 9.73. The lowest BCUT2D eigenvalue weighted by molar-refractivity contribution is 0.00316. The van der Waals surface area contributed by atoms with E-state index in [0.717, 1.165) is 12.8 Å². The molecule has 0 aromatic carbocycles. The highest BCUT2D eigenvalue weighted by Crippen LogP contribution is 2.54. The van der Waals surface area contributed by atoms with E-state index in [9.17, 15) is 9.59 Å². The third kappa shape index (κ3) is 2.69. The van der Waals surface area contributed by atoms with Gasteiger partial charge < -0.3 is 19.9 Å². The number of likely N-dealkylation sites (tertiary alicyclic amines) is 1. The molecule has 5 heterocycles. The molecule has 146 valence electrons. The van der Waals surface area contributed by atoms with Crippen LogP contribution in [0.4, 0.5) is 0 Å². The Morgan fingerprint density at radius 2 is 2.29 bits per heavy atom. The van der Waals surface area contributed by atoms with Gasteiger partial charge in [0, 0.05) is 24.9 Å². The Morgan fingerprint density at radius 1 is 1.39 bits per heavy atom. The van der Waals surface area contributed by atoms with Crippen molar-refractivity contribution in [2.45, 2.75) is 31.5 Å². The fourth-order valence-electron chi connectivity index (χ4n) is 5.06. The second-order valence-electron chi connectivity index (χ2n) is 7.94. The van der Waals surface area contributed by atoms with Crippen molar-refractivity contribution in [3.63, 3.8) is 0 Å². The Morgan fingerprint density at radius 3 is 3.04 bits per heavy atom. The summed E-state index contributed by atoms with van der Waals surface area (Å²) < 4.78 is 6.36. The summed E-state index contributed by atoms with van der Waals surface area (Å²) in [6.07, 6.45) is 6.65. The molecular weight excluding hydrogens is 360 g/mol. The molecule has 9 nitrogen and oxygen atoms in total. The van der Waals surface area contributed by atoms with Crippen LogP contribution in [-0.2, 0) is 4.74 Å². The number of amides is 2. The number of aromatic amines is 1. The van der Waals surface area contributed by atoms with Gasteiger partial charge in [0.2, 0.25) is 0 Å². The quantitative estimate of drug-likeness (QED) is 0.799. The number of fused-ring (bicyclic) bond motifs is 1. The standard InChI is InChI=1S/C19H22N6O3/c1-11-20-8-15(24-11)17(26)21-7-13-14-9-25(10-19(14)4-2-16(13)28-19)18(27)12-3-5-22-23-6-12/h3,5-6,8,13-14,16H,2,4,7,9-10H2,1H3,(H,20,24)(H,21,26)/t13-,14+,16+,19+/m0/s1. The molecule has 3 aliphatic rings. The van der Waals surface area contributed by atoms with Crippen LogP contribution in [0.5, 0.6) is 0 Å². The van der Waals surface area contributed by atoms with E-state index in [1.54, 1.807) is 12.3 Å². The average Bonchev–Trinajstić information content (AvgIpc) is 3.46. The van der Waals surface area contributed by atoms with Crippen LogP contribution in [0.15, 0.2) is 24.7 Å². The van der Waals surface area contributed by atoms with E-state index in [-0.39, 0.29) is 35.4 Å². The van der Waals surface area contributed by atoms with Gasteiger partial charge in [-0.2, -0.15) is 10.2 Å². The predicted octanol–water partition coefficient (Wildman–Crippen LogP) is 0.558. The molecule has 4 atom stereocenters. The molecule has 0 aliphatic carbocycles. The van der Waals surface area contributed by atoms with Crippen LogP contribution < -0.4 is 5.32 Å². The van der Waals surface area contributed by atoms with E-state index in [4.69, 9.17) is 4.74 Å². The van der Waals surface area contributed by atoms with Gasteiger partial charge in [0.05, 0.1) is 42.4 Å². The maximum Gasteiger partial charge on any atom is 0.269 e. The number of hydrogen-bond acceptors (Lipinski definition) is 6. The summed E-state index contributed by atoms with van der Waals surface area (Å²) in [5, 5.41) is 10.6. The van der Waals surface area contributed by atoms with Crippen molar-refractivity contribution in [1.29, 1.82) is 0 Å². The normalized spacial score (nSPS) is 30.5. The lowest BCUT2D eigenvalue weighted by Gasteiger charge is -2.29. The minimum atomic E-state index is -0.277. The number of aryl methyl sites for hydroxylation is 1. The van der Waals surface area contributed by atoms with Gasteiger partial charge in [-0.05, 0) is 25.8 Å². The topological polar surface area (TPSA) is 113 Å². The van der Waals surface area contributed by atoms with Crippen LogP contribution in [-0.4, -0.2) is 68.2 Å². The number of carbonyl (C=O) groups is 2. The Hall–Kier alpha value is -2.81. The molecule has 2 aromatic heterocycles. The SMILES string of the molecule is Cc1ncc(C(=O)NC[C@H]2[C@H]3CN(C(=O)c4ccnnc4)C[C@]34CC[C@H]2O4)[nH]1. The summed E-state index contributed by atoms with van der Waals surface area (Å²) in [6, 6.07) is 1.68. The minimum absolute atomic E-state index is 0.0403. The van der Waals surface area contributed by atoms with Gasteiger partial charge in [-0.3, -0.25) is 9.59 Å². The van der Waals surface area contributed by atoms with Gasteiger partial charge in [-0.15, -0.1) is 0 Å². The molecule has 3 saturated heterocycles. The lowest BCUT2D eigenvalue weighted by Crippen LogP contribution is -2.42. The van der Waals surface area contributed by atoms with E-state index in [1.807, 2.05) is 11.8 Å². The molecule has 5 rings (SSSR count). The number of nitrogens with one attached hydrogen (secondary N) is 2. The van der Waals surface area contributed by atoms with Crippen LogP contribution in [0.25, 0.3) is 0 Å². The monoisotopic (exact) mass is 382 g/mol. The maximum absolute atomic E-state index is 12.8. The Bertz CT molecular complexity index is 915. The number of ether oxygens (including phenoxy) is 1. The molecule has 0 saturated carbocycles. The van der Waals surface area contributed by atoms with E-state index in [2.05, 4.69) is 25.5 Å². The van der Waals surface area contributed by atoms with Crippen molar-refractivity contribution in [1.82, 2.24) is 30.4 Å². The molecule has 0 unspecified atom stereocenters. The van der Waals surface area contributed by atoms with Crippen molar-refractivity contribution in [3.8, 4) is 0 Å². The molecule has 0 radical (unpaired) electrons. The summed E-state index contributed by atoms with van der Waals surface area (Å²) in [7, 11) is 0. The summed E-state index contributed by atoms with van der Waals surface area (Å²) in [5.41, 5.74) is 0.728.